The van der Waals surface area contributed by atoms with Crippen molar-refractivity contribution in [2.75, 3.05) is 25.5 Å². The molecule has 2 fully saturated rings. The van der Waals surface area contributed by atoms with Crippen LogP contribution in [0, 0.1) is 0 Å². The molecule has 1 amide bonds. The lowest BCUT2D eigenvalue weighted by Crippen LogP contribution is -2.56. The Bertz CT molecular complexity index is 319. The molecular weight excluding hydrogens is 244 g/mol. The molecule has 7 heteroatoms. The van der Waals surface area contributed by atoms with Crippen LogP contribution >= 0.6 is 11.8 Å². The summed E-state index contributed by atoms with van der Waals surface area (Å²) < 4.78 is 5.23. The molecule has 0 aromatic carbocycles. The molecule has 17 heavy (non-hydrogen) atoms. The van der Waals surface area contributed by atoms with Crippen molar-refractivity contribution in [1.82, 2.24) is 10.2 Å². The van der Waals surface area contributed by atoms with Gasteiger partial charge in [-0.2, -0.15) is 0 Å². The fourth-order valence-corrected chi connectivity index (χ4v) is 3.25. The fourth-order valence-electron chi connectivity index (χ4n) is 2.07. The Balaban J connectivity index is 2.07. The number of nitrogens with one attached hydrogen (secondary N) is 1. The van der Waals surface area contributed by atoms with Gasteiger partial charge in [0.25, 0.3) is 0 Å². The number of thioether (sulfide) groups is 1. The number of carbonyl (C=O) groups excluding carboxylic acids is 1. The highest BCUT2D eigenvalue weighted by Gasteiger charge is 2.42. The van der Waals surface area contributed by atoms with E-state index < -0.39 is 18.1 Å². The first-order valence-corrected chi connectivity index (χ1v) is 6.64. The lowest BCUT2D eigenvalue weighted by atomic mass is 10.2. The summed E-state index contributed by atoms with van der Waals surface area (Å²) in [6.07, 6.45) is 0. The van der Waals surface area contributed by atoms with Gasteiger partial charge in [-0.3, -0.25) is 4.79 Å². The zero-order valence-corrected chi connectivity index (χ0v) is 10.4. The van der Waals surface area contributed by atoms with Crippen molar-refractivity contribution in [3.8, 4) is 0 Å². The molecule has 0 radical (unpaired) electrons. The van der Waals surface area contributed by atoms with E-state index in [2.05, 4.69) is 5.32 Å². The maximum atomic E-state index is 12.2. The van der Waals surface area contributed by atoms with E-state index in [1.54, 1.807) is 0 Å². The van der Waals surface area contributed by atoms with Crippen molar-refractivity contribution >= 4 is 23.6 Å². The van der Waals surface area contributed by atoms with E-state index in [1.807, 2.05) is 6.92 Å². The third kappa shape index (κ3) is 2.56. The molecule has 0 aromatic heterocycles. The van der Waals surface area contributed by atoms with Gasteiger partial charge in [-0.15, -0.1) is 11.8 Å². The highest BCUT2D eigenvalue weighted by Crippen LogP contribution is 2.29. The van der Waals surface area contributed by atoms with Crippen molar-refractivity contribution in [3.63, 3.8) is 0 Å². The number of rotatable bonds is 2. The number of aliphatic carboxylic acids is 1. The van der Waals surface area contributed by atoms with Gasteiger partial charge in [0, 0.05) is 12.3 Å². The highest BCUT2D eigenvalue weighted by atomic mass is 32.2. The van der Waals surface area contributed by atoms with E-state index in [4.69, 9.17) is 9.84 Å². The van der Waals surface area contributed by atoms with Crippen molar-refractivity contribution < 1.29 is 19.4 Å². The number of morpholine rings is 1. The molecule has 0 saturated carbocycles. The molecule has 3 atom stereocenters. The summed E-state index contributed by atoms with van der Waals surface area (Å²) >= 11 is 1.49. The van der Waals surface area contributed by atoms with Crippen molar-refractivity contribution in [1.29, 1.82) is 0 Å². The molecule has 96 valence electrons. The van der Waals surface area contributed by atoms with E-state index in [9.17, 15) is 9.59 Å². The zero-order chi connectivity index (χ0) is 12.4. The van der Waals surface area contributed by atoms with Crippen molar-refractivity contribution in [2.45, 2.75) is 24.4 Å². The first kappa shape index (κ1) is 12.7. The molecule has 2 saturated heterocycles. The Morgan fingerprint density at radius 1 is 1.53 bits per heavy atom. The molecule has 3 unspecified atom stereocenters. The number of amides is 1. The van der Waals surface area contributed by atoms with E-state index in [1.165, 1.54) is 16.7 Å². The van der Waals surface area contributed by atoms with Crippen LogP contribution < -0.4 is 5.32 Å². The van der Waals surface area contributed by atoms with Crippen molar-refractivity contribution in [3.05, 3.63) is 0 Å². The zero-order valence-electron chi connectivity index (χ0n) is 9.59. The van der Waals surface area contributed by atoms with Crippen LogP contribution in [-0.4, -0.2) is 64.9 Å². The van der Waals surface area contributed by atoms with Crippen LogP contribution in [0.3, 0.4) is 0 Å². The second-order valence-corrected chi connectivity index (χ2v) is 5.46. The molecule has 6 nitrogen and oxygen atoms in total. The lowest BCUT2D eigenvalue weighted by molar-refractivity contribution is -0.151. The molecule has 2 aliphatic rings. The smallest absolute Gasteiger partial charge is 0.327 e. The summed E-state index contributed by atoms with van der Waals surface area (Å²) in [4.78, 5) is 24.8. The van der Waals surface area contributed by atoms with E-state index in [-0.39, 0.29) is 11.3 Å². The third-order valence-corrected chi connectivity index (χ3v) is 4.20. The average Bonchev–Trinajstić information content (AvgIpc) is 2.71. The van der Waals surface area contributed by atoms with Gasteiger partial charge in [0.1, 0.15) is 12.1 Å². The number of carbonyl (C=O) groups is 2. The molecule has 0 aliphatic carbocycles. The van der Waals surface area contributed by atoms with Gasteiger partial charge in [-0.05, 0) is 6.92 Å². The second-order valence-electron chi connectivity index (χ2n) is 4.11. The summed E-state index contributed by atoms with van der Waals surface area (Å²) in [5.74, 6) is -0.656. The summed E-state index contributed by atoms with van der Waals surface area (Å²) in [6.45, 7) is 3.40. The summed E-state index contributed by atoms with van der Waals surface area (Å²) in [5.41, 5.74) is 0. The number of carboxylic acids is 1. The van der Waals surface area contributed by atoms with Crippen LogP contribution in [0.2, 0.25) is 0 Å². The average molecular weight is 260 g/mol. The van der Waals surface area contributed by atoms with Crippen LogP contribution in [-0.2, 0) is 14.3 Å². The maximum absolute atomic E-state index is 12.2. The van der Waals surface area contributed by atoms with Gasteiger partial charge in [0.2, 0.25) is 5.91 Å². The van der Waals surface area contributed by atoms with E-state index >= 15 is 0 Å². The SMILES string of the molecule is CC1SCC(C(=O)O)N1C(=O)C1COCCN1. The largest absolute Gasteiger partial charge is 0.480 e. The Labute approximate surface area is 104 Å². The fraction of sp³-hybridized carbons (Fsp3) is 0.800. The Kier molecular flexibility index (Phi) is 3.90. The van der Waals surface area contributed by atoms with Crippen LogP contribution in [0.4, 0.5) is 0 Å². The second kappa shape index (κ2) is 5.24. The molecular formula is C10H16N2O4S. The first-order valence-electron chi connectivity index (χ1n) is 5.59. The predicted octanol–water partition coefficient (Wildman–Crippen LogP) is -0.651. The quantitative estimate of drug-likeness (QED) is 0.687. The van der Waals surface area contributed by atoms with Crippen LogP contribution in [0.1, 0.15) is 6.92 Å². The maximum Gasteiger partial charge on any atom is 0.327 e. The van der Waals surface area contributed by atoms with Crippen molar-refractivity contribution in [2.24, 2.45) is 0 Å². The molecule has 2 rings (SSSR count). The Morgan fingerprint density at radius 3 is 2.88 bits per heavy atom. The minimum absolute atomic E-state index is 0.0904. The summed E-state index contributed by atoms with van der Waals surface area (Å²) in [7, 11) is 0. The minimum Gasteiger partial charge on any atom is -0.480 e. The predicted molar refractivity (Wildman–Crippen MR) is 62.8 cm³/mol. The molecule has 0 aromatic rings. The number of hydrogen-bond acceptors (Lipinski definition) is 5. The van der Waals surface area contributed by atoms with Gasteiger partial charge < -0.3 is 20.1 Å². The van der Waals surface area contributed by atoms with E-state index in [0.29, 0.717) is 25.5 Å². The summed E-state index contributed by atoms with van der Waals surface area (Å²) in [6, 6.07) is -1.13. The van der Waals surface area contributed by atoms with Crippen LogP contribution in [0.5, 0.6) is 0 Å². The number of hydrogen-bond donors (Lipinski definition) is 2. The molecule has 2 aliphatic heterocycles. The lowest BCUT2D eigenvalue weighted by Gasteiger charge is -2.31. The molecule has 0 bridgehead atoms. The molecule has 0 spiro atoms. The third-order valence-electron chi connectivity index (χ3n) is 2.98. The minimum atomic E-state index is -0.938. The first-order chi connectivity index (χ1) is 8.11. The van der Waals surface area contributed by atoms with Gasteiger partial charge >= 0.3 is 5.97 Å². The number of carboxylic acid groups (broad SMARTS) is 1. The van der Waals surface area contributed by atoms with Crippen LogP contribution in [0.25, 0.3) is 0 Å². The number of nitrogens with zero attached hydrogens (tertiary/aromatic N) is 1. The topological polar surface area (TPSA) is 78.9 Å². The highest BCUT2D eigenvalue weighted by molar-refractivity contribution is 8.00. The monoisotopic (exact) mass is 260 g/mol. The normalized spacial score (nSPS) is 33.7. The number of ether oxygens (including phenoxy) is 1. The Hall–Kier alpha value is -0.790. The standard InChI is InChI=1S/C10H16N2O4S/c1-6-12(8(5-17-6)10(14)15)9(13)7-4-16-3-2-11-7/h6-8,11H,2-5H2,1H3,(H,14,15). The Morgan fingerprint density at radius 2 is 2.29 bits per heavy atom. The van der Waals surface area contributed by atoms with Gasteiger partial charge in [0.05, 0.1) is 18.6 Å². The molecule has 2 heterocycles. The van der Waals surface area contributed by atoms with Gasteiger partial charge in [-0.25, -0.2) is 4.79 Å². The van der Waals surface area contributed by atoms with Gasteiger partial charge in [0.15, 0.2) is 0 Å². The summed E-state index contributed by atoms with van der Waals surface area (Å²) in [5, 5.41) is 12.1. The van der Waals surface area contributed by atoms with Crippen LogP contribution in [0.15, 0.2) is 0 Å². The van der Waals surface area contributed by atoms with Gasteiger partial charge in [-0.1, -0.05) is 0 Å². The van der Waals surface area contributed by atoms with E-state index in [0.717, 1.165) is 0 Å². The molecule has 2 N–H and O–H groups in total.